The molecule has 0 spiro atoms. The van der Waals surface area contributed by atoms with Gasteiger partial charge in [0.15, 0.2) is 16.5 Å². The van der Waals surface area contributed by atoms with Gasteiger partial charge in [0.2, 0.25) is 0 Å². The number of hydrogen-bond donors (Lipinski definition) is 2. The van der Waals surface area contributed by atoms with Crippen LogP contribution in [0, 0.1) is 0 Å². The molecule has 0 saturated carbocycles. The van der Waals surface area contributed by atoms with E-state index < -0.39 is 23.9 Å². The number of carbonyl (C=O) groups is 3. The zero-order valence-electron chi connectivity index (χ0n) is 11.3. The van der Waals surface area contributed by atoms with Gasteiger partial charge >= 0.3 is 5.97 Å². The molecule has 1 heterocycles. The van der Waals surface area contributed by atoms with Gasteiger partial charge in [0.05, 0.1) is 0 Å². The number of furan rings is 1. The lowest BCUT2D eigenvalue weighted by atomic mass is 10.3. The Morgan fingerprint density at radius 2 is 2.14 bits per heavy atom. The van der Waals surface area contributed by atoms with Crippen molar-refractivity contribution in [3.63, 3.8) is 0 Å². The highest BCUT2D eigenvalue weighted by Crippen LogP contribution is 2.13. The molecule has 114 valence electrons. The smallest absolute Gasteiger partial charge is 0.326 e. The summed E-state index contributed by atoms with van der Waals surface area (Å²) in [7, 11) is 0. The van der Waals surface area contributed by atoms with Gasteiger partial charge in [-0.1, -0.05) is 6.08 Å². The van der Waals surface area contributed by atoms with Crippen LogP contribution >= 0.6 is 15.9 Å². The predicted molar refractivity (Wildman–Crippen MR) is 77.5 cm³/mol. The fourth-order valence-corrected chi connectivity index (χ4v) is 1.59. The van der Waals surface area contributed by atoms with E-state index in [9.17, 15) is 14.4 Å². The van der Waals surface area contributed by atoms with Crippen molar-refractivity contribution in [2.24, 2.45) is 0 Å². The van der Waals surface area contributed by atoms with Gasteiger partial charge in [0.25, 0.3) is 11.8 Å². The Kier molecular flexibility index (Phi) is 6.67. The molecule has 7 nitrogen and oxygen atoms in total. The van der Waals surface area contributed by atoms with E-state index in [0.717, 1.165) is 0 Å². The van der Waals surface area contributed by atoms with E-state index in [0.29, 0.717) is 4.67 Å². The Balaban J connectivity index is 2.35. The fourth-order valence-electron chi connectivity index (χ4n) is 1.28. The molecule has 0 aliphatic rings. The Labute approximate surface area is 129 Å². The average Bonchev–Trinajstić information content (AvgIpc) is 2.88. The number of amides is 2. The molecule has 0 unspecified atom stereocenters. The molecule has 0 fully saturated rings. The number of halogens is 1. The number of hydrogen-bond acceptors (Lipinski definition) is 5. The first-order valence-electron chi connectivity index (χ1n) is 6.05. The van der Waals surface area contributed by atoms with Crippen molar-refractivity contribution >= 4 is 33.7 Å². The van der Waals surface area contributed by atoms with Gasteiger partial charge in [-0.15, -0.1) is 6.58 Å². The fraction of sp³-hybridized carbons (Fsp3) is 0.308. The molecule has 0 saturated heterocycles. The minimum atomic E-state index is -0.952. The van der Waals surface area contributed by atoms with Crippen LogP contribution in [0.1, 0.15) is 17.5 Å². The number of esters is 1. The molecule has 0 aliphatic heterocycles. The summed E-state index contributed by atoms with van der Waals surface area (Å²) in [5, 5.41) is 4.81. The molecular weight excluding hydrogens is 344 g/mol. The first-order valence-corrected chi connectivity index (χ1v) is 6.85. The molecule has 0 radical (unpaired) electrons. The van der Waals surface area contributed by atoms with Crippen LogP contribution in [0.4, 0.5) is 0 Å². The summed E-state index contributed by atoms with van der Waals surface area (Å²) in [5.41, 5.74) is 0. The highest BCUT2D eigenvalue weighted by Gasteiger charge is 2.18. The maximum Gasteiger partial charge on any atom is 0.326 e. The van der Waals surface area contributed by atoms with Crippen molar-refractivity contribution in [3.8, 4) is 0 Å². The van der Waals surface area contributed by atoms with Gasteiger partial charge < -0.3 is 19.8 Å². The third-order valence-electron chi connectivity index (χ3n) is 2.29. The van der Waals surface area contributed by atoms with Crippen LogP contribution in [0.2, 0.25) is 0 Å². The van der Waals surface area contributed by atoms with E-state index in [2.05, 4.69) is 33.1 Å². The van der Waals surface area contributed by atoms with Gasteiger partial charge in [0, 0.05) is 6.54 Å². The molecule has 21 heavy (non-hydrogen) atoms. The van der Waals surface area contributed by atoms with E-state index in [-0.39, 0.29) is 18.8 Å². The van der Waals surface area contributed by atoms with Gasteiger partial charge in [0.1, 0.15) is 6.54 Å². The molecule has 1 aromatic rings. The average molecular weight is 359 g/mol. The van der Waals surface area contributed by atoms with Gasteiger partial charge in [-0.2, -0.15) is 0 Å². The van der Waals surface area contributed by atoms with E-state index in [4.69, 9.17) is 9.15 Å². The van der Waals surface area contributed by atoms with Crippen LogP contribution in [0.25, 0.3) is 0 Å². The topological polar surface area (TPSA) is 97.6 Å². The Hall–Kier alpha value is -2.09. The van der Waals surface area contributed by atoms with E-state index in [1.807, 2.05) is 0 Å². The number of carbonyl (C=O) groups excluding carboxylic acids is 3. The van der Waals surface area contributed by atoms with Gasteiger partial charge in [-0.25, -0.2) is 0 Å². The number of rotatable bonds is 7. The zero-order chi connectivity index (χ0) is 15.8. The second kappa shape index (κ2) is 8.25. The summed E-state index contributed by atoms with van der Waals surface area (Å²) in [4.78, 5) is 34.6. The zero-order valence-corrected chi connectivity index (χ0v) is 12.9. The van der Waals surface area contributed by atoms with Crippen LogP contribution in [-0.2, 0) is 14.3 Å². The van der Waals surface area contributed by atoms with Crippen LogP contribution < -0.4 is 10.6 Å². The Bertz CT molecular complexity index is 540. The molecular formula is C13H15BrN2O5. The molecule has 2 amide bonds. The van der Waals surface area contributed by atoms with Crippen LogP contribution in [0.3, 0.4) is 0 Å². The summed E-state index contributed by atoms with van der Waals surface area (Å²) in [5.74, 6) is -1.66. The summed E-state index contributed by atoms with van der Waals surface area (Å²) in [6.07, 6.45) is 0.556. The lowest BCUT2D eigenvalue weighted by molar-refractivity contribution is -0.153. The molecule has 0 aliphatic carbocycles. The van der Waals surface area contributed by atoms with E-state index in [1.54, 1.807) is 6.07 Å². The standard InChI is InChI=1S/C13H15BrN2O5/c1-3-6-15-12(18)8(2)20-11(17)7-16-13(19)9-4-5-10(14)21-9/h3-5,8H,1,6-7H2,2H3,(H,15,18)(H,16,19)/t8-/m1/s1. The normalized spacial score (nSPS) is 11.3. The third kappa shape index (κ3) is 5.82. The van der Waals surface area contributed by atoms with Crippen molar-refractivity contribution < 1.29 is 23.5 Å². The first-order chi connectivity index (χ1) is 9.93. The van der Waals surface area contributed by atoms with Crippen molar-refractivity contribution in [1.29, 1.82) is 0 Å². The lowest BCUT2D eigenvalue weighted by Gasteiger charge is -2.12. The van der Waals surface area contributed by atoms with Crippen LogP contribution in [0.15, 0.2) is 33.9 Å². The van der Waals surface area contributed by atoms with Gasteiger partial charge in [-0.3, -0.25) is 14.4 Å². The van der Waals surface area contributed by atoms with Crippen molar-refractivity contribution in [2.75, 3.05) is 13.1 Å². The van der Waals surface area contributed by atoms with E-state index >= 15 is 0 Å². The number of ether oxygens (including phenoxy) is 1. The third-order valence-corrected chi connectivity index (χ3v) is 2.71. The summed E-state index contributed by atoms with van der Waals surface area (Å²) in [6.45, 7) is 4.80. The molecule has 8 heteroatoms. The highest BCUT2D eigenvalue weighted by atomic mass is 79.9. The minimum Gasteiger partial charge on any atom is -0.451 e. The number of nitrogens with one attached hydrogen (secondary N) is 2. The molecule has 2 N–H and O–H groups in total. The van der Waals surface area contributed by atoms with Crippen LogP contribution in [-0.4, -0.2) is 37.0 Å². The molecule has 1 atom stereocenters. The lowest BCUT2D eigenvalue weighted by Crippen LogP contribution is -2.38. The monoisotopic (exact) mass is 358 g/mol. The molecule has 1 aromatic heterocycles. The van der Waals surface area contributed by atoms with Crippen molar-refractivity contribution in [2.45, 2.75) is 13.0 Å². The first kappa shape index (κ1) is 17.0. The van der Waals surface area contributed by atoms with Crippen molar-refractivity contribution in [1.82, 2.24) is 10.6 Å². The highest BCUT2D eigenvalue weighted by molar-refractivity contribution is 9.10. The van der Waals surface area contributed by atoms with Crippen molar-refractivity contribution in [3.05, 3.63) is 35.2 Å². The maximum absolute atomic E-state index is 11.6. The molecule has 1 rings (SSSR count). The minimum absolute atomic E-state index is 0.0615. The Morgan fingerprint density at radius 3 is 2.71 bits per heavy atom. The van der Waals surface area contributed by atoms with Gasteiger partial charge in [-0.05, 0) is 35.0 Å². The summed E-state index contributed by atoms with van der Waals surface area (Å²) < 4.78 is 10.3. The molecule has 0 bridgehead atoms. The SMILES string of the molecule is C=CCNC(=O)[C@@H](C)OC(=O)CNC(=O)c1ccc(Br)o1. The summed E-state index contributed by atoms with van der Waals surface area (Å²) >= 11 is 3.06. The maximum atomic E-state index is 11.6. The summed E-state index contributed by atoms with van der Waals surface area (Å²) in [6, 6.07) is 3.01. The quantitative estimate of drug-likeness (QED) is 0.559. The Morgan fingerprint density at radius 1 is 1.43 bits per heavy atom. The second-order valence-corrected chi connectivity index (χ2v) is 4.73. The molecule has 0 aromatic carbocycles. The second-order valence-electron chi connectivity index (χ2n) is 3.95. The predicted octanol–water partition coefficient (Wildman–Crippen LogP) is 1.01. The van der Waals surface area contributed by atoms with Crippen LogP contribution in [0.5, 0.6) is 0 Å². The largest absolute Gasteiger partial charge is 0.451 e. The van der Waals surface area contributed by atoms with E-state index in [1.165, 1.54) is 19.1 Å².